The molecule has 2 heterocycles. The number of rotatable bonds is 1. The van der Waals surface area contributed by atoms with Crippen LogP contribution < -0.4 is 10.6 Å². The first-order valence-corrected chi connectivity index (χ1v) is 7.29. The van der Waals surface area contributed by atoms with E-state index in [1.54, 1.807) is 35.6 Å². The Morgan fingerprint density at radius 2 is 1.86 bits per heavy atom. The van der Waals surface area contributed by atoms with Crippen molar-refractivity contribution < 1.29 is 9.59 Å². The van der Waals surface area contributed by atoms with Crippen molar-refractivity contribution in [1.29, 1.82) is 0 Å². The molecule has 102 valence electrons. The van der Waals surface area contributed by atoms with E-state index in [9.17, 15) is 9.59 Å². The van der Waals surface area contributed by atoms with Crippen LogP contribution >= 0.6 is 11.3 Å². The summed E-state index contributed by atoms with van der Waals surface area (Å²) in [7, 11) is 0. The minimum atomic E-state index is -0.359. The molecule has 0 saturated carbocycles. The largest absolute Gasteiger partial charge is 0.398 e. The summed E-state index contributed by atoms with van der Waals surface area (Å²) >= 11 is 1.62. The van der Waals surface area contributed by atoms with E-state index in [2.05, 4.69) is 0 Å². The number of fused-ring (bicyclic) bond motifs is 2. The Morgan fingerprint density at radius 3 is 2.67 bits per heavy atom. The van der Waals surface area contributed by atoms with Crippen LogP contribution in [-0.2, 0) is 0 Å². The van der Waals surface area contributed by atoms with Crippen molar-refractivity contribution in [2.45, 2.75) is 0 Å². The van der Waals surface area contributed by atoms with Gasteiger partial charge in [0.2, 0.25) is 0 Å². The smallest absolute Gasteiger partial charge is 0.268 e. The number of nitrogens with zero attached hydrogens (tertiary/aromatic N) is 1. The topological polar surface area (TPSA) is 63.4 Å². The molecule has 0 unspecified atom stereocenters. The van der Waals surface area contributed by atoms with Gasteiger partial charge in [-0.05, 0) is 47.2 Å². The minimum absolute atomic E-state index is 0.299. The molecule has 21 heavy (non-hydrogen) atoms. The number of carbonyl (C=O) groups is 2. The average Bonchev–Trinajstić information content (AvgIpc) is 3.03. The first-order chi connectivity index (χ1) is 10.2. The summed E-state index contributed by atoms with van der Waals surface area (Å²) in [5, 5.41) is 3.00. The van der Waals surface area contributed by atoms with Crippen LogP contribution in [0.25, 0.3) is 10.1 Å². The van der Waals surface area contributed by atoms with Crippen LogP contribution in [0, 0.1) is 0 Å². The van der Waals surface area contributed by atoms with E-state index in [4.69, 9.17) is 5.73 Å². The Labute approximate surface area is 124 Å². The van der Waals surface area contributed by atoms with Gasteiger partial charge < -0.3 is 5.73 Å². The summed E-state index contributed by atoms with van der Waals surface area (Å²) in [5.41, 5.74) is 7.42. The first kappa shape index (κ1) is 12.1. The van der Waals surface area contributed by atoms with Crippen LogP contribution in [-0.4, -0.2) is 11.8 Å². The summed E-state index contributed by atoms with van der Waals surface area (Å²) in [6, 6.07) is 12.5. The zero-order chi connectivity index (χ0) is 14.6. The predicted octanol–water partition coefficient (Wildman–Crippen LogP) is 3.28. The molecule has 0 saturated heterocycles. The van der Waals surface area contributed by atoms with Crippen LogP contribution in [0.15, 0.2) is 47.8 Å². The van der Waals surface area contributed by atoms with E-state index < -0.39 is 0 Å². The number of benzene rings is 2. The summed E-state index contributed by atoms with van der Waals surface area (Å²) < 4.78 is 1.12. The van der Waals surface area contributed by atoms with Gasteiger partial charge in [-0.2, -0.15) is 0 Å². The summed E-state index contributed by atoms with van der Waals surface area (Å²) in [6.07, 6.45) is 0. The molecule has 2 N–H and O–H groups in total. The number of hydrogen-bond donors (Lipinski definition) is 1. The fourth-order valence-corrected chi connectivity index (χ4v) is 3.41. The van der Waals surface area contributed by atoms with Gasteiger partial charge in [0, 0.05) is 10.4 Å². The van der Waals surface area contributed by atoms with Crippen molar-refractivity contribution in [2.24, 2.45) is 0 Å². The highest BCUT2D eigenvalue weighted by atomic mass is 32.1. The lowest BCUT2D eigenvalue weighted by Crippen LogP contribution is -2.29. The third kappa shape index (κ3) is 1.61. The highest BCUT2D eigenvalue weighted by Gasteiger charge is 2.38. The van der Waals surface area contributed by atoms with Gasteiger partial charge in [0.15, 0.2) is 0 Å². The standard InChI is InChI=1S/C16H10N2O2S/c17-12-3-1-2-11-14(12)16(20)18(15(11)19)10-4-5-13-9(8-10)6-7-21-13/h1-8H,17H2. The van der Waals surface area contributed by atoms with Crippen molar-refractivity contribution in [3.8, 4) is 0 Å². The zero-order valence-corrected chi connectivity index (χ0v) is 11.7. The molecular formula is C16H10N2O2S. The molecule has 1 aliphatic heterocycles. The molecule has 3 aromatic rings. The van der Waals surface area contributed by atoms with Gasteiger partial charge in [-0.1, -0.05) is 6.07 Å². The molecule has 2 amide bonds. The van der Waals surface area contributed by atoms with E-state index in [0.29, 0.717) is 22.5 Å². The van der Waals surface area contributed by atoms with Crippen molar-refractivity contribution in [3.05, 3.63) is 59.0 Å². The molecular weight excluding hydrogens is 284 g/mol. The van der Waals surface area contributed by atoms with Crippen molar-refractivity contribution in [1.82, 2.24) is 0 Å². The van der Waals surface area contributed by atoms with Crippen molar-refractivity contribution >= 4 is 44.6 Å². The second-order valence-electron chi connectivity index (χ2n) is 4.86. The number of imide groups is 1. The van der Waals surface area contributed by atoms with Gasteiger partial charge in [-0.25, -0.2) is 4.90 Å². The van der Waals surface area contributed by atoms with E-state index in [-0.39, 0.29) is 11.8 Å². The second kappa shape index (κ2) is 4.17. The Morgan fingerprint density at radius 1 is 1.00 bits per heavy atom. The maximum absolute atomic E-state index is 12.5. The SMILES string of the molecule is Nc1cccc2c1C(=O)N(c1ccc3sccc3c1)C2=O. The normalized spacial score (nSPS) is 14.0. The maximum Gasteiger partial charge on any atom is 0.268 e. The minimum Gasteiger partial charge on any atom is -0.398 e. The Bertz CT molecular complexity index is 914. The Balaban J connectivity index is 1.89. The maximum atomic E-state index is 12.5. The highest BCUT2D eigenvalue weighted by Crippen LogP contribution is 2.33. The van der Waals surface area contributed by atoms with Crippen LogP contribution in [0.3, 0.4) is 0 Å². The molecule has 5 heteroatoms. The molecule has 4 nitrogen and oxygen atoms in total. The monoisotopic (exact) mass is 294 g/mol. The van der Waals surface area contributed by atoms with Gasteiger partial charge >= 0.3 is 0 Å². The van der Waals surface area contributed by atoms with E-state index in [0.717, 1.165) is 10.1 Å². The van der Waals surface area contributed by atoms with Crippen LogP contribution in [0.5, 0.6) is 0 Å². The highest BCUT2D eigenvalue weighted by molar-refractivity contribution is 7.17. The summed E-state index contributed by atoms with van der Waals surface area (Å²) in [6.45, 7) is 0. The summed E-state index contributed by atoms with van der Waals surface area (Å²) in [5.74, 6) is -0.681. The zero-order valence-electron chi connectivity index (χ0n) is 10.9. The van der Waals surface area contributed by atoms with E-state index >= 15 is 0 Å². The van der Waals surface area contributed by atoms with Gasteiger partial charge in [0.25, 0.3) is 11.8 Å². The molecule has 0 aliphatic carbocycles. The average molecular weight is 294 g/mol. The molecule has 0 bridgehead atoms. The number of hydrogen-bond acceptors (Lipinski definition) is 4. The van der Waals surface area contributed by atoms with Crippen LogP contribution in [0.4, 0.5) is 11.4 Å². The van der Waals surface area contributed by atoms with Gasteiger partial charge in [0.1, 0.15) is 0 Å². The first-order valence-electron chi connectivity index (χ1n) is 6.41. The van der Waals surface area contributed by atoms with E-state index in [1.165, 1.54) is 4.90 Å². The second-order valence-corrected chi connectivity index (χ2v) is 5.81. The van der Waals surface area contributed by atoms with Crippen molar-refractivity contribution in [3.63, 3.8) is 0 Å². The van der Waals surface area contributed by atoms with Gasteiger partial charge in [-0.3, -0.25) is 9.59 Å². The molecule has 4 rings (SSSR count). The number of thiophene rings is 1. The third-order valence-corrected chi connectivity index (χ3v) is 4.54. The number of nitrogen functional groups attached to an aromatic ring is 1. The fourth-order valence-electron chi connectivity index (χ4n) is 2.64. The number of carbonyl (C=O) groups excluding carboxylic acids is 2. The Kier molecular flexibility index (Phi) is 2.40. The van der Waals surface area contributed by atoms with Crippen LogP contribution in [0.1, 0.15) is 20.7 Å². The lowest BCUT2D eigenvalue weighted by molar-refractivity contribution is 0.0926. The molecule has 1 aromatic heterocycles. The lowest BCUT2D eigenvalue weighted by Gasteiger charge is -2.14. The number of anilines is 2. The van der Waals surface area contributed by atoms with Gasteiger partial charge in [-0.15, -0.1) is 11.3 Å². The molecule has 0 radical (unpaired) electrons. The molecule has 2 aromatic carbocycles. The third-order valence-electron chi connectivity index (χ3n) is 3.64. The molecule has 0 spiro atoms. The fraction of sp³-hybridized carbons (Fsp3) is 0. The van der Waals surface area contributed by atoms with Gasteiger partial charge in [0.05, 0.1) is 16.8 Å². The van der Waals surface area contributed by atoms with Crippen LogP contribution in [0.2, 0.25) is 0 Å². The molecule has 1 aliphatic rings. The molecule has 0 atom stereocenters. The van der Waals surface area contributed by atoms with E-state index in [1.807, 2.05) is 23.6 Å². The summed E-state index contributed by atoms with van der Waals surface area (Å²) in [4.78, 5) is 26.2. The predicted molar refractivity (Wildman–Crippen MR) is 83.8 cm³/mol. The lowest BCUT2D eigenvalue weighted by atomic mass is 10.1. The van der Waals surface area contributed by atoms with Crippen molar-refractivity contribution in [2.75, 3.05) is 10.6 Å². The Hall–Kier alpha value is -2.66. The number of amides is 2. The number of nitrogens with two attached hydrogens (primary N) is 1. The quantitative estimate of drug-likeness (QED) is 0.553. The molecule has 0 fully saturated rings.